The van der Waals surface area contributed by atoms with Gasteiger partial charge in [0.1, 0.15) is 12.1 Å². The Bertz CT molecular complexity index is 321. The van der Waals surface area contributed by atoms with E-state index in [-0.39, 0.29) is 23.9 Å². The van der Waals surface area contributed by atoms with Crippen LogP contribution in [0.1, 0.15) is 40.0 Å². The van der Waals surface area contributed by atoms with Crippen molar-refractivity contribution >= 4 is 23.6 Å². The lowest BCUT2D eigenvalue weighted by Crippen LogP contribution is -2.63. The molecule has 1 N–H and O–H groups in total. The van der Waals surface area contributed by atoms with Crippen molar-refractivity contribution in [1.29, 1.82) is 0 Å². The van der Waals surface area contributed by atoms with Gasteiger partial charge in [-0.1, -0.05) is 20.8 Å². The molecule has 0 aromatic carbocycles. The van der Waals surface area contributed by atoms with Crippen molar-refractivity contribution in [3.63, 3.8) is 0 Å². The maximum absolute atomic E-state index is 12.4. The Morgan fingerprint density at radius 2 is 2.05 bits per heavy atom. The standard InChI is InChI=1S/C14H26N2O2S/c1-5-11-14(18)16(7-6-8-19-4)12(9-10(2)3)13(17)15-11/h10-12H,5-9H2,1-4H3,(H,15,17). The molecule has 0 aliphatic carbocycles. The highest BCUT2D eigenvalue weighted by atomic mass is 32.2. The summed E-state index contributed by atoms with van der Waals surface area (Å²) < 4.78 is 0. The molecule has 1 heterocycles. The second-order valence-electron chi connectivity index (χ2n) is 5.49. The van der Waals surface area contributed by atoms with E-state index in [1.165, 1.54) is 0 Å². The molecular formula is C14H26N2O2S. The highest BCUT2D eigenvalue weighted by Gasteiger charge is 2.39. The predicted octanol–water partition coefficient (Wildman–Crippen LogP) is 1.89. The van der Waals surface area contributed by atoms with E-state index in [1.54, 1.807) is 11.8 Å². The number of hydrogen-bond acceptors (Lipinski definition) is 3. The summed E-state index contributed by atoms with van der Waals surface area (Å²) >= 11 is 1.78. The maximum Gasteiger partial charge on any atom is 0.245 e. The molecular weight excluding hydrogens is 260 g/mol. The van der Waals surface area contributed by atoms with Crippen LogP contribution < -0.4 is 5.32 Å². The zero-order chi connectivity index (χ0) is 14.4. The molecule has 0 bridgehead atoms. The third kappa shape index (κ3) is 4.41. The van der Waals surface area contributed by atoms with Crippen molar-refractivity contribution in [2.75, 3.05) is 18.6 Å². The third-order valence-electron chi connectivity index (χ3n) is 3.43. The van der Waals surface area contributed by atoms with Crippen molar-refractivity contribution in [1.82, 2.24) is 10.2 Å². The summed E-state index contributed by atoms with van der Waals surface area (Å²) in [5, 5.41) is 2.86. The van der Waals surface area contributed by atoms with Gasteiger partial charge in [-0.25, -0.2) is 0 Å². The lowest BCUT2D eigenvalue weighted by molar-refractivity contribution is -0.150. The summed E-state index contributed by atoms with van der Waals surface area (Å²) in [5.41, 5.74) is 0. The fraction of sp³-hybridized carbons (Fsp3) is 0.857. The van der Waals surface area contributed by atoms with Crippen molar-refractivity contribution in [3.05, 3.63) is 0 Å². The molecule has 1 aliphatic heterocycles. The topological polar surface area (TPSA) is 49.4 Å². The molecule has 1 saturated heterocycles. The van der Waals surface area contributed by atoms with Crippen molar-refractivity contribution in [3.8, 4) is 0 Å². The number of amides is 2. The number of nitrogens with one attached hydrogen (secondary N) is 1. The SMILES string of the molecule is CCC1NC(=O)C(CC(C)C)N(CCCSC)C1=O. The van der Waals surface area contributed by atoms with Gasteiger partial charge in [0.25, 0.3) is 0 Å². The van der Waals surface area contributed by atoms with E-state index >= 15 is 0 Å². The first kappa shape index (κ1) is 16.3. The van der Waals surface area contributed by atoms with Gasteiger partial charge in [0.2, 0.25) is 11.8 Å². The van der Waals surface area contributed by atoms with E-state index in [2.05, 4.69) is 25.4 Å². The highest BCUT2D eigenvalue weighted by Crippen LogP contribution is 2.19. The summed E-state index contributed by atoms with van der Waals surface area (Å²) in [4.78, 5) is 26.4. The molecule has 0 spiro atoms. The maximum atomic E-state index is 12.4. The van der Waals surface area contributed by atoms with Gasteiger partial charge in [-0.15, -0.1) is 0 Å². The monoisotopic (exact) mass is 286 g/mol. The van der Waals surface area contributed by atoms with Crippen molar-refractivity contribution in [2.24, 2.45) is 5.92 Å². The van der Waals surface area contributed by atoms with E-state index in [4.69, 9.17) is 0 Å². The number of hydrogen-bond donors (Lipinski definition) is 1. The van der Waals surface area contributed by atoms with Gasteiger partial charge in [0.15, 0.2) is 0 Å². The first-order valence-corrected chi connectivity index (χ1v) is 8.50. The van der Waals surface area contributed by atoms with Crippen LogP contribution in [-0.4, -0.2) is 47.4 Å². The summed E-state index contributed by atoms with van der Waals surface area (Å²) in [6, 6.07) is -0.609. The quantitative estimate of drug-likeness (QED) is 0.727. The zero-order valence-corrected chi connectivity index (χ0v) is 13.3. The number of piperazine rings is 1. The van der Waals surface area contributed by atoms with Crippen LogP contribution in [0.2, 0.25) is 0 Å². The Balaban J connectivity index is 2.78. The van der Waals surface area contributed by atoms with Gasteiger partial charge >= 0.3 is 0 Å². The van der Waals surface area contributed by atoms with Gasteiger partial charge in [-0.2, -0.15) is 11.8 Å². The van der Waals surface area contributed by atoms with Crippen molar-refractivity contribution in [2.45, 2.75) is 52.1 Å². The van der Waals surface area contributed by atoms with Gasteiger partial charge < -0.3 is 10.2 Å². The van der Waals surface area contributed by atoms with Crippen LogP contribution in [0.5, 0.6) is 0 Å². The number of thioether (sulfide) groups is 1. The highest BCUT2D eigenvalue weighted by molar-refractivity contribution is 7.98. The zero-order valence-electron chi connectivity index (χ0n) is 12.4. The van der Waals surface area contributed by atoms with Crippen LogP contribution in [0.4, 0.5) is 0 Å². The lowest BCUT2D eigenvalue weighted by atomic mass is 9.97. The number of rotatable bonds is 7. The second-order valence-corrected chi connectivity index (χ2v) is 6.48. The molecule has 0 saturated carbocycles. The molecule has 110 valence electrons. The first-order valence-electron chi connectivity index (χ1n) is 7.11. The molecule has 0 aromatic heterocycles. The van der Waals surface area contributed by atoms with Gasteiger partial charge in [0, 0.05) is 6.54 Å². The van der Waals surface area contributed by atoms with Crippen LogP contribution in [0.15, 0.2) is 0 Å². The van der Waals surface area contributed by atoms with Gasteiger partial charge in [0.05, 0.1) is 0 Å². The Labute approximate surface area is 120 Å². The number of carbonyl (C=O) groups is 2. The summed E-state index contributed by atoms with van der Waals surface area (Å²) in [6.07, 6.45) is 4.42. The minimum atomic E-state index is -0.329. The average Bonchev–Trinajstić information content (AvgIpc) is 2.36. The van der Waals surface area contributed by atoms with Crippen LogP contribution in [0.3, 0.4) is 0 Å². The first-order chi connectivity index (χ1) is 9.01. The van der Waals surface area contributed by atoms with E-state index in [1.807, 2.05) is 11.8 Å². The molecule has 1 fully saturated rings. The smallest absolute Gasteiger partial charge is 0.245 e. The normalized spacial score (nSPS) is 23.9. The lowest BCUT2D eigenvalue weighted by Gasteiger charge is -2.39. The Hall–Kier alpha value is -0.710. The average molecular weight is 286 g/mol. The fourth-order valence-corrected chi connectivity index (χ4v) is 2.85. The minimum Gasteiger partial charge on any atom is -0.343 e. The Kier molecular flexibility index (Phi) is 6.69. The van der Waals surface area contributed by atoms with E-state index < -0.39 is 0 Å². The van der Waals surface area contributed by atoms with Crippen LogP contribution >= 0.6 is 11.8 Å². The van der Waals surface area contributed by atoms with Crippen molar-refractivity contribution < 1.29 is 9.59 Å². The van der Waals surface area contributed by atoms with E-state index in [0.29, 0.717) is 18.9 Å². The fourth-order valence-electron chi connectivity index (χ4n) is 2.43. The molecule has 5 heteroatoms. The third-order valence-corrected chi connectivity index (χ3v) is 4.12. The molecule has 1 aliphatic rings. The molecule has 0 radical (unpaired) electrons. The molecule has 4 nitrogen and oxygen atoms in total. The number of nitrogens with zero attached hydrogens (tertiary/aromatic N) is 1. The minimum absolute atomic E-state index is 0.0179. The second kappa shape index (κ2) is 7.78. The summed E-state index contributed by atoms with van der Waals surface area (Å²) in [6.45, 7) is 6.81. The molecule has 19 heavy (non-hydrogen) atoms. The number of carbonyl (C=O) groups excluding carboxylic acids is 2. The van der Waals surface area contributed by atoms with Crippen LogP contribution in [0, 0.1) is 5.92 Å². The van der Waals surface area contributed by atoms with Gasteiger partial charge in [-0.05, 0) is 37.2 Å². The molecule has 1 rings (SSSR count). The Morgan fingerprint density at radius 1 is 1.37 bits per heavy atom. The van der Waals surface area contributed by atoms with E-state index in [0.717, 1.165) is 18.6 Å². The van der Waals surface area contributed by atoms with Gasteiger partial charge in [-0.3, -0.25) is 9.59 Å². The molecule has 0 aromatic rings. The van der Waals surface area contributed by atoms with Crippen LogP contribution in [0.25, 0.3) is 0 Å². The molecule has 2 atom stereocenters. The van der Waals surface area contributed by atoms with E-state index in [9.17, 15) is 9.59 Å². The molecule has 2 amide bonds. The molecule has 2 unspecified atom stereocenters. The van der Waals surface area contributed by atoms with Crippen LogP contribution in [-0.2, 0) is 9.59 Å². The predicted molar refractivity (Wildman–Crippen MR) is 80.2 cm³/mol. The summed E-state index contributed by atoms with van der Waals surface area (Å²) in [7, 11) is 0. The summed E-state index contributed by atoms with van der Waals surface area (Å²) in [5.74, 6) is 1.54. The Morgan fingerprint density at radius 3 is 2.58 bits per heavy atom. The largest absolute Gasteiger partial charge is 0.343 e.